The van der Waals surface area contributed by atoms with E-state index in [1.807, 2.05) is 23.9 Å². The molecule has 2 nitrogen and oxygen atoms in total. The van der Waals surface area contributed by atoms with Crippen LogP contribution in [0.15, 0.2) is 24.3 Å². The Morgan fingerprint density at radius 2 is 2.15 bits per heavy atom. The third kappa shape index (κ3) is 1.48. The van der Waals surface area contributed by atoms with Gasteiger partial charge in [-0.05, 0) is 12.5 Å². The molecule has 0 aliphatic carbocycles. The van der Waals surface area contributed by atoms with Crippen molar-refractivity contribution < 1.29 is 0 Å². The first-order chi connectivity index (χ1) is 6.33. The average Bonchev–Trinajstić information content (AvgIpc) is 2.44. The standard InChI is InChI=1S/C10H11BrN2/c1-13-10(6-7-11)8-4-2-3-5-9(8)12-13/h2-5H,6-7H2,1H3. The Bertz CT molecular complexity index is 420. The number of fused-ring (bicyclic) bond motifs is 1. The molecular weight excluding hydrogens is 228 g/mol. The molecule has 2 aromatic rings. The first-order valence-electron chi connectivity index (χ1n) is 4.29. The summed E-state index contributed by atoms with van der Waals surface area (Å²) < 4.78 is 1.96. The Labute approximate surface area is 85.7 Å². The predicted molar refractivity (Wildman–Crippen MR) is 58.2 cm³/mol. The minimum Gasteiger partial charge on any atom is -0.271 e. The van der Waals surface area contributed by atoms with Crippen LogP contribution in [0, 0.1) is 0 Å². The normalized spacial score (nSPS) is 10.9. The fourth-order valence-corrected chi connectivity index (χ4v) is 1.96. The maximum atomic E-state index is 4.43. The Morgan fingerprint density at radius 3 is 2.92 bits per heavy atom. The van der Waals surface area contributed by atoms with Crippen molar-refractivity contribution in [3.05, 3.63) is 30.0 Å². The molecule has 2 rings (SSSR count). The van der Waals surface area contributed by atoms with E-state index in [0.29, 0.717) is 0 Å². The van der Waals surface area contributed by atoms with Crippen molar-refractivity contribution in [2.45, 2.75) is 6.42 Å². The summed E-state index contributed by atoms with van der Waals surface area (Å²) >= 11 is 3.45. The van der Waals surface area contributed by atoms with Gasteiger partial charge >= 0.3 is 0 Å². The second-order valence-electron chi connectivity index (χ2n) is 3.03. The van der Waals surface area contributed by atoms with Gasteiger partial charge in [0.25, 0.3) is 0 Å². The van der Waals surface area contributed by atoms with Crippen molar-refractivity contribution in [3.63, 3.8) is 0 Å². The van der Waals surface area contributed by atoms with Gasteiger partial charge in [-0.2, -0.15) is 5.10 Å². The van der Waals surface area contributed by atoms with E-state index in [1.165, 1.54) is 11.1 Å². The molecule has 0 saturated carbocycles. The van der Waals surface area contributed by atoms with E-state index in [0.717, 1.165) is 17.3 Å². The summed E-state index contributed by atoms with van der Waals surface area (Å²) in [6.07, 6.45) is 1.02. The van der Waals surface area contributed by atoms with Crippen LogP contribution < -0.4 is 0 Å². The molecule has 3 heteroatoms. The maximum Gasteiger partial charge on any atom is 0.0926 e. The van der Waals surface area contributed by atoms with Gasteiger partial charge < -0.3 is 0 Å². The lowest BCUT2D eigenvalue weighted by molar-refractivity contribution is 0.730. The summed E-state index contributed by atoms with van der Waals surface area (Å²) in [5, 5.41) is 6.68. The second kappa shape index (κ2) is 3.50. The molecule has 0 aliphatic rings. The fourth-order valence-electron chi connectivity index (χ4n) is 1.59. The minimum atomic E-state index is 0.983. The predicted octanol–water partition coefficient (Wildman–Crippen LogP) is 2.51. The van der Waals surface area contributed by atoms with Crippen LogP contribution in [0.25, 0.3) is 10.9 Å². The van der Waals surface area contributed by atoms with Gasteiger partial charge in [-0.15, -0.1) is 0 Å². The van der Waals surface area contributed by atoms with E-state index < -0.39 is 0 Å². The molecule has 0 amide bonds. The Morgan fingerprint density at radius 1 is 1.38 bits per heavy atom. The van der Waals surface area contributed by atoms with Crippen molar-refractivity contribution in [2.24, 2.45) is 7.05 Å². The molecule has 0 saturated heterocycles. The van der Waals surface area contributed by atoms with Crippen LogP contribution in [0.2, 0.25) is 0 Å². The molecule has 0 spiro atoms. The number of nitrogens with zero attached hydrogens (tertiary/aromatic N) is 2. The third-order valence-electron chi connectivity index (χ3n) is 2.19. The lowest BCUT2D eigenvalue weighted by Crippen LogP contribution is -1.98. The second-order valence-corrected chi connectivity index (χ2v) is 3.82. The van der Waals surface area contributed by atoms with Crippen LogP contribution in [-0.4, -0.2) is 15.1 Å². The van der Waals surface area contributed by atoms with Crippen LogP contribution in [0.1, 0.15) is 5.69 Å². The van der Waals surface area contributed by atoms with Gasteiger partial charge in [-0.25, -0.2) is 0 Å². The van der Waals surface area contributed by atoms with Gasteiger partial charge in [-0.1, -0.05) is 34.1 Å². The quantitative estimate of drug-likeness (QED) is 0.736. The Balaban J connectivity index is 2.64. The van der Waals surface area contributed by atoms with E-state index in [2.05, 4.69) is 33.2 Å². The van der Waals surface area contributed by atoms with Crippen molar-refractivity contribution in [2.75, 3.05) is 5.33 Å². The zero-order valence-electron chi connectivity index (χ0n) is 7.50. The van der Waals surface area contributed by atoms with Gasteiger partial charge in [-0.3, -0.25) is 4.68 Å². The first kappa shape index (κ1) is 8.75. The molecule has 0 unspecified atom stereocenters. The van der Waals surface area contributed by atoms with Gasteiger partial charge in [0.05, 0.1) is 5.52 Å². The van der Waals surface area contributed by atoms with E-state index in [4.69, 9.17) is 0 Å². The zero-order chi connectivity index (χ0) is 9.26. The number of aromatic nitrogens is 2. The lowest BCUT2D eigenvalue weighted by atomic mass is 10.2. The number of benzene rings is 1. The van der Waals surface area contributed by atoms with Crippen LogP contribution in [-0.2, 0) is 13.5 Å². The van der Waals surface area contributed by atoms with Crippen LogP contribution in [0.4, 0.5) is 0 Å². The largest absolute Gasteiger partial charge is 0.271 e. The summed E-state index contributed by atoms with van der Waals surface area (Å²) in [5.74, 6) is 0. The molecule has 0 atom stereocenters. The number of hydrogen-bond acceptors (Lipinski definition) is 1. The molecule has 1 aromatic carbocycles. The summed E-state index contributed by atoms with van der Waals surface area (Å²) in [4.78, 5) is 0. The highest BCUT2D eigenvalue weighted by molar-refractivity contribution is 9.09. The average molecular weight is 239 g/mol. The van der Waals surface area contributed by atoms with E-state index in [-0.39, 0.29) is 0 Å². The number of halogens is 1. The van der Waals surface area contributed by atoms with Crippen LogP contribution >= 0.6 is 15.9 Å². The van der Waals surface area contributed by atoms with Crippen molar-refractivity contribution in [1.29, 1.82) is 0 Å². The number of aryl methyl sites for hydroxylation is 2. The summed E-state index contributed by atoms with van der Waals surface area (Å²) in [7, 11) is 2.00. The topological polar surface area (TPSA) is 17.8 Å². The summed E-state index contributed by atoms with van der Waals surface area (Å²) in [6.45, 7) is 0. The van der Waals surface area contributed by atoms with Gasteiger partial charge in [0.15, 0.2) is 0 Å². The first-order valence-corrected chi connectivity index (χ1v) is 5.41. The monoisotopic (exact) mass is 238 g/mol. The highest BCUT2D eigenvalue weighted by Crippen LogP contribution is 2.17. The number of alkyl halides is 1. The van der Waals surface area contributed by atoms with E-state index in [1.54, 1.807) is 0 Å². The molecule has 0 bridgehead atoms. The highest BCUT2D eigenvalue weighted by atomic mass is 79.9. The summed E-state index contributed by atoms with van der Waals surface area (Å²) in [5.41, 5.74) is 2.38. The molecular formula is C10H11BrN2. The fraction of sp³-hybridized carbons (Fsp3) is 0.300. The SMILES string of the molecule is Cn1nc2ccccc2c1CCBr. The molecule has 68 valence electrons. The minimum absolute atomic E-state index is 0.983. The third-order valence-corrected chi connectivity index (χ3v) is 2.59. The maximum absolute atomic E-state index is 4.43. The van der Waals surface area contributed by atoms with Gasteiger partial charge in [0.1, 0.15) is 0 Å². The van der Waals surface area contributed by atoms with Crippen LogP contribution in [0.5, 0.6) is 0 Å². The molecule has 0 radical (unpaired) electrons. The summed E-state index contributed by atoms with van der Waals surface area (Å²) in [6, 6.07) is 8.25. The van der Waals surface area contributed by atoms with E-state index in [9.17, 15) is 0 Å². The smallest absolute Gasteiger partial charge is 0.0926 e. The van der Waals surface area contributed by atoms with Gasteiger partial charge in [0, 0.05) is 23.5 Å². The molecule has 13 heavy (non-hydrogen) atoms. The number of rotatable bonds is 2. The van der Waals surface area contributed by atoms with Gasteiger partial charge in [0.2, 0.25) is 0 Å². The Hall–Kier alpha value is -0.830. The van der Waals surface area contributed by atoms with Crippen molar-refractivity contribution >= 4 is 26.8 Å². The van der Waals surface area contributed by atoms with Crippen molar-refractivity contribution in [1.82, 2.24) is 9.78 Å². The lowest BCUT2D eigenvalue weighted by Gasteiger charge is -1.97. The van der Waals surface area contributed by atoms with Crippen molar-refractivity contribution in [3.8, 4) is 0 Å². The zero-order valence-corrected chi connectivity index (χ0v) is 9.08. The highest BCUT2D eigenvalue weighted by Gasteiger charge is 2.06. The van der Waals surface area contributed by atoms with Crippen LogP contribution in [0.3, 0.4) is 0 Å². The molecule has 0 fully saturated rings. The molecule has 0 N–H and O–H groups in total. The number of hydrogen-bond donors (Lipinski definition) is 0. The van der Waals surface area contributed by atoms with E-state index >= 15 is 0 Å². The Kier molecular flexibility index (Phi) is 2.36. The molecule has 0 aliphatic heterocycles. The molecule has 1 aromatic heterocycles. The molecule has 1 heterocycles.